The van der Waals surface area contributed by atoms with Gasteiger partial charge >= 0.3 is 0 Å². The molecular weight excluding hydrogens is 244 g/mol. The molecule has 3 N–H and O–H groups in total. The summed E-state index contributed by atoms with van der Waals surface area (Å²) in [7, 11) is 1.58. The number of aliphatic hydroxyl groups excluding tert-OH is 1. The Labute approximate surface area is 114 Å². The summed E-state index contributed by atoms with van der Waals surface area (Å²) >= 11 is 0. The van der Waals surface area contributed by atoms with Gasteiger partial charge in [0.25, 0.3) is 0 Å². The van der Waals surface area contributed by atoms with Crippen LogP contribution in [0.3, 0.4) is 0 Å². The second-order valence-corrected chi connectivity index (χ2v) is 4.32. The molecule has 0 aliphatic rings. The number of carbonyl (C=O) groups is 1. The molecule has 0 fully saturated rings. The summed E-state index contributed by atoms with van der Waals surface area (Å²) in [5, 5.41) is 8.97. The Kier molecular flexibility index (Phi) is 7.10. The van der Waals surface area contributed by atoms with Crippen LogP contribution in [0.25, 0.3) is 0 Å². The number of hydrogen-bond acceptors (Lipinski definition) is 4. The van der Waals surface area contributed by atoms with Crippen LogP contribution in [0.4, 0.5) is 0 Å². The zero-order chi connectivity index (χ0) is 14.1. The number of nitrogens with zero attached hydrogens (tertiary/aromatic N) is 1. The van der Waals surface area contributed by atoms with E-state index < -0.39 is 0 Å². The number of methoxy groups -OCH3 is 1. The van der Waals surface area contributed by atoms with Crippen LogP contribution < -0.4 is 5.73 Å². The Balaban J connectivity index is 2.55. The Morgan fingerprint density at radius 2 is 2.05 bits per heavy atom. The first-order valence-corrected chi connectivity index (χ1v) is 6.37. The Hall–Kier alpha value is -1.43. The van der Waals surface area contributed by atoms with Gasteiger partial charge in [0.1, 0.15) is 0 Å². The number of carbonyl (C=O) groups excluding carboxylic acids is 1. The molecule has 0 radical (unpaired) electrons. The highest BCUT2D eigenvalue weighted by atomic mass is 16.5. The molecule has 1 unspecified atom stereocenters. The van der Waals surface area contributed by atoms with Crippen molar-refractivity contribution in [3.8, 4) is 0 Å². The first kappa shape index (κ1) is 15.6. The van der Waals surface area contributed by atoms with Crippen LogP contribution in [0.1, 0.15) is 18.0 Å². The van der Waals surface area contributed by atoms with Gasteiger partial charge in [0.2, 0.25) is 5.91 Å². The summed E-state index contributed by atoms with van der Waals surface area (Å²) in [6, 6.07) is 9.20. The van der Waals surface area contributed by atoms with Gasteiger partial charge in [-0.25, -0.2) is 0 Å². The molecule has 1 aromatic carbocycles. The maximum absolute atomic E-state index is 12.1. The standard InChI is InChI=1S/C14H22N2O3/c1-19-10-8-16(7-9-17)14(18)11-13(15)12-5-3-2-4-6-12/h2-6,13,17H,7-11,15H2,1H3. The monoisotopic (exact) mass is 266 g/mol. The Morgan fingerprint density at radius 3 is 2.63 bits per heavy atom. The topological polar surface area (TPSA) is 75.8 Å². The fourth-order valence-electron chi connectivity index (χ4n) is 1.82. The molecule has 1 amide bonds. The van der Waals surface area contributed by atoms with Gasteiger partial charge in [0.05, 0.1) is 13.2 Å². The smallest absolute Gasteiger partial charge is 0.224 e. The third kappa shape index (κ3) is 5.38. The van der Waals surface area contributed by atoms with Gasteiger partial charge in [-0.2, -0.15) is 0 Å². The number of rotatable bonds is 8. The zero-order valence-corrected chi connectivity index (χ0v) is 11.3. The van der Waals surface area contributed by atoms with Crippen molar-refractivity contribution >= 4 is 5.91 Å². The van der Waals surface area contributed by atoms with E-state index in [1.54, 1.807) is 12.0 Å². The van der Waals surface area contributed by atoms with Gasteiger partial charge in [-0.05, 0) is 5.56 Å². The number of nitrogens with two attached hydrogens (primary N) is 1. The van der Waals surface area contributed by atoms with E-state index in [9.17, 15) is 4.79 Å². The average Bonchev–Trinajstić information content (AvgIpc) is 2.44. The minimum atomic E-state index is -0.322. The summed E-state index contributed by atoms with van der Waals surface area (Å²) in [5.41, 5.74) is 6.95. The number of benzene rings is 1. The second kappa shape index (κ2) is 8.63. The van der Waals surface area contributed by atoms with E-state index in [1.165, 1.54) is 0 Å². The van der Waals surface area contributed by atoms with Crippen LogP contribution in [0.2, 0.25) is 0 Å². The van der Waals surface area contributed by atoms with E-state index in [-0.39, 0.29) is 25.0 Å². The summed E-state index contributed by atoms with van der Waals surface area (Å²) in [6.07, 6.45) is 0.230. The number of hydrogen-bond donors (Lipinski definition) is 2. The minimum Gasteiger partial charge on any atom is -0.395 e. The SMILES string of the molecule is COCCN(CCO)C(=O)CC(N)c1ccccc1. The van der Waals surface area contributed by atoms with Crippen molar-refractivity contribution in [2.45, 2.75) is 12.5 Å². The molecule has 106 valence electrons. The molecule has 5 heteroatoms. The number of amides is 1. The lowest BCUT2D eigenvalue weighted by molar-refractivity contribution is -0.132. The van der Waals surface area contributed by atoms with E-state index in [0.717, 1.165) is 5.56 Å². The van der Waals surface area contributed by atoms with Crippen molar-refractivity contribution in [2.24, 2.45) is 5.73 Å². The maximum atomic E-state index is 12.1. The fourth-order valence-corrected chi connectivity index (χ4v) is 1.82. The molecule has 1 rings (SSSR count). The van der Waals surface area contributed by atoms with E-state index in [0.29, 0.717) is 19.7 Å². The Morgan fingerprint density at radius 1 is 1.37 bits per heavy atom. The van der Waals surface area contributed by atoms with Crippen LogP contribution in [0.5, 0.6) is 0 Å². The molecule has 5 nitrogen and oxygen atoms in total. The molecule has 0 aliphatic heterocycles. The first-order chi connectivity index (χ1) is 9.19. The van der Waals surface area contributed by atoms with Gasteiger partial charge in [-0.15, -0.1) is 0 Å². The van der Waals surface area contributed by atoms with Crippen LogP contribution in [-0.2, 0) is 9.53 Å². The molecular formula is C14H22N2O3. The lowest BCUT2D eigenvalue weighted by Crippen LogP contribution is -2.37. The molecule has 1 atom stereocenters. The molecule has 0 bridgehead atoms. The van der Waals surface area contributed by atoms with Crippen molar-refractivity contribution in [1.82, 2.24) is 4.90 Å². The summed E-state index contributed by atoms with van der Waals surface area (Å²) in [5.74, 6) is -0.0672. The lowest BCUT2D eigenvalue weighted by Gasteiger charge is -2.23. The molecule has 0 saturated heterocycles. The van der Waals surface area contributed by atoms with Crippen molar-refractivity contribution in [2.75, 3.05) is 33.4 Å². The highest BCUT2D eigenvalue weighted by molar-refractivity contribution is 5.77. The second-order valence-electron chi connectivity index (χ2n) is 4.32. The lowest BCUT2D eigenvalue weighted by atomic mass is 10.0. The van der Waals surface area contributed by atoms with E-state index in [4.69, 9.17) is 15.6 Å². The van der Waals surface area contributed by atoms with Crippen molar-refractivity contribution in [3.05, 3.63) is 35.9 Å². The van der Waals surface area contributed by atoms with Crippen LogP contribution in [0.15, 0.2) is 30.3 Å². The predicted octanol–water partition coefficient (Wildman–Crippen LogP) is 0.544. The summed E-state index contributed by atoms with van der Waals surface area (Å²) in [6.45, 7) is 1.17. The van der Waals surface area contributed by atoms with Crippen molar-refractivity contribution < 1.29 is 14.6 Å². The van der Waals surface area contributed by atoms with Crippen molar-refractivity contribution in [3.63, 3.8) is 0 Å². The molecule has 1 aromatic rings. The van der Waals surface area contributed by atoms with E-state index in [2.05, 4.69) is 0 Å². The highest BCUT2D eigenvalue weighted by Gasteiger charge is 2.17. The maximum Gasteiger partial charge on any atom is 0.224 e. The van der Waals surface area contributed by atoms with Crippen molar-refractivity contribution in [1.29, 1.82) is 0 Å². The first-order valence-electron chi connectivity index (χ1n) is 6.37. The molecule has 0 spiro atoms. The van der Waals surface area contributed by atoms with E-state index >= 15 is 0 Å². The molecule has 0 heterocycles. The molecule has 19 heavy (non-hydrogen) atoms. The summed E-state index contributed by atoms with van der Waals surface area (Å²) in [4.78, 5) is 13.7. The Bertz CT molecular complexity index is 370. The highest BCUT2D eigenvalue weighted by Crippen LogP contribution is 2.14. The summed E-state index contributed by atoms with van der Waals surface area (Å²) < 4.78 is 4.95. The van der Waals surface area contributed by atoms with Crippen LogP contribution >= 0.6 is 0 Å². The fraction of sp³-hybridized carbons (Fsp3) is 0.500. The molecule has 0 aliphatic carbocycles. The molecule has 0 saturated carbocycles. The average molecular weight is 266 g/mol. The third-order valence-electron chi connectivity index (χ3n) is 2.91. The van der Waals surface area contributed by atoms with Crippen LogP contribution in [0, 0.1) is 0 Å². The zero-order valence-electron chi connectivity index (χ0n) is 11.3. The quantitative estimate of drug-likeness (QED) is 0.720. The third-order valence-corrected chi connectivity index (χ3v) is 2.91. The van der Waals surface area contributed by atoms with Crippen LogP contribution in [-0.4, -0.2) is 49.3 Å². The number of aliphatic hydroxyl groups is 1. The predicted molar refractivity (Wildman–Crippen MR) is 73.5 cm³/mol. The molecule has 0 aromatic heterocycles. The normalized spacial score (nSPS) is 12.2. The van der Waals surface area contributed by atoms with Gasteiger partial charge < -0.3 is 20.5 Å². The largest absolute Gasteiger partial charge is 0.395 e. The van der Waals surface area contributed by atoms with Gasteiger partial charge in [-0.1, -0.05) is 30.3 Å². The van der Waals surface area contributed by atoms with Gasteiger partial charge in [-0.3, -0.25) is 4.79 Å². The number of ether oxygens (including phenoxy) is 1. The van der Waals surface area contributed by atoms with E-state index in [1.807, 2.05) is 30.3 Å². The minimum absolute atomic E-state index is 0.0595. The van der Waals surface area contributed by atoms with Gasteiger partial charge in [0.15, 0.2) is 0 Å². The van der Waals surface area contributed by atoms with Gasteiger partial charge in [0, 0.05) is 32.7 Å².